The van der Waals surface area contributed by atoms with Crippen LogP contribution in [-0.4, -0.2) is 57.7 Å². The topological polar surface area (TPSA) is 93.4 Å². The van der Waals surface area contributed by atoms with Gasteiger partial charge in [0.1, 0.15) is 36.1 Å². The van der Waals surface area contributed by atoms with Crippen molar-refractivity contribution in [2.75, 3.05) is 26.2 Å². The lowest BCUT2D eigenvalue weighted by Crippen LogP contribution is -2.43. The zero-order valence-corrected chi connectivity index (χ0v) is 22.6. The minimum atomic E-state index is -0.903. The van der Waals surface area contributed by atoms with E-state index in [0.29, 0.717) is 29.7 Å². The van der Waals surface area contributed by atoms with Crippen molar-refractivity contribution in [2.24, 2.45) is 11.8 Å². The zero-order valence-electron chi connectivity index (χ0n) is 21.7. The first-order valence-corrected chi connectivity index (χ1v) is 13.9. The molecule has 0 amide bonds. The molecule has 1 saturated heterocycles. The predicted octanol–water partition coefficient (Wildman–Crippen LogP) is 5.78. The first kappa shape index (κ1) is 26.5. The predicted molar refractivity (Wildman–Crippen MR) is 152 cm³/mol. The Hall–Kier alpha value is -3.10. The van der Waals surface area contributed by atoms with E-state index in [1.807, 2.05) is 42.5 Å². The largest absolute Gasteiger partial charge is 0.508 e. The summed E-state index contributed by atoms with van der Waals surface area (Å²) in [6, 6.07) is 19.4. The first-order chi connectivity index (χ1) is 18.3. The molecule has 1 aliphatic heterocycles. The average Bonchev–Trinajstić information content (AvgIpc) is 3.25. The Balaban J connectivity index is 1.31. The maximum Gasteiger partial charge on any atom is 0.119 e. The molecule has 4 N–H and O–H groups in total. The van der Waals surface area contributed by atoms with Gasteiger partial charge in [-0.25, -0.2) is 0 Å². The van der Waals surface area contributed by atoms with E-state index in [4.69, 9.17) is 4.74 Å². The second-order valence-electron chi connectivity index (χ2n) is 10.7. The van der Waals surface area contributed by atoms with Gasteiger partial charge in [0.05, 0.1) is 0 Å². The molecule has 0 radical (unpaired) electrons. The van der Waals surface area contributed by atoms with Crippen LogP contribution in [0.5, 0.6) is 17.2 Å². The summed E-state index contributed by atoms with van der Waals surface area (Å²) in [5.74, 6) is 2.28. The van der Waals surface area contributed by atoms with E-state index in [0.717, 1.165) is 39.2 Å². The summed E-state index contributed by atoms with van der Waals surface area (Å²) in [7, 11) is 0. The van der Waals surface area contributed by atoms with Crippen molar-refractivity contribution >= 4 is 21.4 Å². The van der Waals surface area contributed by atoms with Gasteiger partial charge in [0.15, 0.2) is 0 Å². The molecular formula is C31H35NO5S. The highest BCUT2D eigenvalue weighted by Crippen LogP contribution is 2.45. The molecule has 0 saturated carbocycles. The normalized spacial score (nSPS) is 19.9. The Morgan fingerprint density at radius 2 is 1.55 bits per heavy atom. The smallest absolute Gasteiger partial charge is 0.119 e. The van der Waals surface area contributed by atoms with Gasteiger partial charge in [-0.3, -0.25) is 0 Å². The lowest BCUT2D eigenvalue weighted by molar-refractivity contribution is 0.0429. The van der Waals surface area contributed by atoms with Crippen LogP contribution in [0.4, 0.5) is 0 Å². The SMILES string of the molecule is CC1CC(C)CN(CC(O)COc2ccc(C(O)c3c(-c4ccc(O)cc4)sc4cc(O)ccc34)cc2)C1. The Morgan fingerprint density at radius 3 is 2.24 bits per heavy atom. The summed E-state index contributed by atoms with van der Waals surface area (Å²) >= 11 is 1.49. The highest BCUT2D eigenvalue weighted by molar-refractivity contribution is 7.22. The monoisotopic (exact) mass is 533 g/mol. The fourth-order valence-electron chi connectivity index (χ4n) is 5.60. The molecule has 38 heavy (non-hydrogen) atoms. The van der Waals surface area contributed by atoms with Gasteiger partial charge in [-0.05, 0) is 89.4 Å². The van der Waals surface area contributed by atoms with E-state index in [1.165, 1.54) is 17.8 Å². The van der Waals surface area contributed by atoms with Gasteiger partial charge < -0.3 is 30.1 Å². The molecule has 2 heterocycles. The third-order valence-corrected chi connectivity index (χ3v) is 8.38. The van der Waals surface area contributed by atoms with Crippen molar-refractivity contribution in [1.29, 1.82) is 0 Å². The van der Waals surface area contributed by atoms with E-state index in [-0.39, 0.29) is 18.1 Å². The van der Waals surface area contributed by atoms with Crippen molar-refractivity contribution < 1.29 is 25.2 Å². The van der Waals surface area contributed by atoms with Crippen LogP contribution in [-0.2, 0) is 0 Å². The second-order valence-corrected chi connectivity index (χ2v) is 11.7. The van der Waals surface area contributed by atoms with Crippen molar-refractivity contribution in [3.05, 3.63) is 77.9 Å². The molecule has 1 aliphatic rings. The lowest BCUT2D eigenvalue weighted by atomic mass is 9.92. The minimum Gasteiger partial charge on any atom is -0.508 e. The van der Waals surface area contributed by atoms with E-state index in [9.17, 15) is 20.4 Å². The van der Waals surface area contributed by atoms with Crippen molar-refractivity contribution in [2.45, 2.75) is 32.5 Å². The molecule has 4 unspecified atom stereocenters. The van der Waals surface area contributed by atoms with Crippen molar-refractivity contribution in [1.82, 2.24) is 4.90 Å². The van der Waals surface area contributed by atoms with E-state index >= 15 is 0 Å². The Kier molecular flexibility index (Phi) is 7.91. The Morgan fingerprint density at radius 1 is 0.895 bits per heavy atom. The number of thiophene rings is 1. The van der Waals surface area contributed by atoms with Crippen molar-refractivity contribution in [3.8, 4) is 27.7 Å². The number of likely N-dealkylation sites (tertiary alicyclic amines) is 1. The Labute approximate surface area is 227 Å². The number of rotatable bonds is 8. The number of β-amino-alcohol motifs (C(OH)–C–C–N with tert-alkyl or cyclic N) is 1. The van der Waals surface area contributed by atoms with Crippen LogP contribution in [0.1, 0.15) is 37.5 Å². The molecule has 1 aromatic heterocycles. The molecule has 1 fully saturated rings. The summed E-state index contributed by atoms with van der Waals surface area (Å²) in [6.45, 7) is 7.36. The molecule has 4 atom stereocenters. The summed E-state index contributed by atoms with van der Waals surface area (Å²) < 4.78 is 6.74. The van der Waals surface area contributed by atoms with Gasteiger partial charge in [-0.15, -0.1) is 11.3 Å². The third-order valence-electron chi connectivity index (χ3n) is 7.17. The van der Waals surface area contributed by atoms with Crippen molar-refractivity contribution in [3.63, 3.8) is 0 Å². The molecule has 7 heteroatoms. The van der Waals surface area contributed by atoms with Crippen LogP contribution in [0, 0.1) is 11.8 Å². The van der Waals surface area contributed by atoms with Gasteiger partial charge >= 0.3 is 0 Å². The zero-order chi connectivity index (χ0) is 26.8. The number of fused-ring (bicyclic) bond motifs is 1. The molecule has 5 rings (SSSR count). The highest BCUT2D eigenvalue weighted by atomic mass is 32.1. The second kappa shape index (κ2) is 11.3. The maximum absolute atomic E-state index is 11.5. The standard InChI is InChI=1S/C31H35NO5S/c1-19-13-20(2)16-32(15-19)17-25(35)18-37-26-10-5-21(6-11-26)30(36)29-27-12-9-24(34)14-28(27)38-31(29)22-3-7-23(33)8-4-22/h3-12,14,19-20,25,30,33-36H,13,15-18H2,1-2H3. The van der Waals surface area contributed by atoms with Gasteiger partial charge in [-0.1, -0.05) is 26.0 Å². The minimum absolute atomic E-state index is 0.171. The van der Waals surface area contributed by atoms with Gasteiger partial charge in [0.2, 0.25) is 0 Å². The van der Waals surface area contributed by atoms with Crippen LogP contribution in [0.25, 0.3) is 20.5 Å². The number of piperidine rings is 1. The molecule has 0 spiro atoms. The number of phenols is 2. The van der Waals surface area contributed by atoms with E-state index < -0.39 is 12.2 Å². The number of nitrogens with zero attached hydrogens (tertiary/aromatic N) is 1. The van der Waals surface area contributed by atoms with Crippen LogP contribution >= 0.6 is 11.3 Å². The van der Waals surface area contributed by atoms with Crippen LogP contribution < -0.4 is 4.74 Å². The van der Waals surface area contributed by atoms with E-state index in [2.05, 4.69) is 18.7 Å². The number of hydrogen-bond donors (Lipinski definition) is 4. The summed E-state index contributed by atoms with van der Waals surface area (Å²) in [6.07, 6.45) is -0.236. The van der Waals surface area contributed by atoms with Gasteiger partial charge in [0.25, 0.3) is 0 Å². The molecular weight excluding hydrogens is 498 g/mol. The average molecular weight is 534 g/mol. The van der Waals surface area contributed by atoms with Crippen LogP contribution in [0.3, 0.4) is 0 Å². The quantitative estimate of drug-likeness (QED) is 0.230. The molecule has 200 valence electrons. The summed E-state index contributed by atoms with van der Waals surface area (Å²) in [5.41, 5.74) is 2.34. The third kappa shape index (κ3) is 5.97. The highest BCUT2D eigenvalue weighted by Gasteiger charge is 2.24. The van der Waals surface area contributed by atoms with Gasteiger partial charge in [0, 0.05) is 34.8 Å². The maximum atomic E-state index is 11.5. The molecule has 6 nitrogen and oxygen atoms in total. The number of benzene rings is 3. The number of ether oxygens (including phenoxy) is 1. The molecule has 4 aromatic rings. The fraction of sp³-hybridized carbons (Fsp3) is 0.355. The first-order valence-electron chi connectivity index (χ1n) is 13.1. The fourth-order valence-corrected chi connectivity index (χ4v) is 6.87. The summed E-state index contributed by atoms with van der Waals surface area (Å²) in [4.78, 5) is 3.20. The van der Waals surface area contributed by atoms with Gasteiger partial charge in [-0.2, -0.15) is 0 Å². The number of hydrogen-bond acceptors (Lipinski definition) is 7. The molecule has 0 aliphatic carbocycles. The number of phenolic OH excluding ortho intramolecular Hbond substituents is 2. The number of aromatic hydroxyl groups is 2. The lowest BCUT2D eigenvalue weighted by Gasteiger charge is -2.35. The summed E-state index contributed by atoms with van der Waals surface area (Å²) in [5, 5.41) is 42.6. The number of aliphatic hydroxyl groups is 2. The molecule has 3 aromatic carbocycles. The Bertz CT molecular complexity index is 1360. The van der Waals surface area contributed by atoms with Crippen LogP contribution in [0.15, 0.2) is 66.7 Å². The van der Waals surface area contributed by atoms with E-state index in [1.54, 1.807) is 24.3 Å². The molecule has 0 bridgehead atoms. The number of aliphatic hydroxyl groups excluding tert-OH is 2. The van der Waals surface area contributed by atoms with Crippen LogP contribution in [0.2, 0.25) is 0 Å².